The Kier molecular flexibility index (Phi) is 35.8. The van der Waals surface area contributed by atoms with Crippen molar-refractivity contribution in [2.75, 3.05) is 29.6 Å². The molecule has 590 valence electrons. The van der Waals surface area contributed by atoms with Gasteiger partial charge in [-0.15, -0.1) is 13.2 Å². The molecular formula is C102H67BrF10ILiO5. The smallest absolute Gasteiger partial charge is 0.507 e. The van der Waals surface area contributed by atoms with Gasteiger partial charge in [-0.25, -0.2) is 30.7 Å². The fraction of sp³-hybridized carbons (Fsp3) is 0.0882. The summed E-state index contributed by atoms with van der Waals surface area (Å²) in [5, 5.41) is 11.5. The number of fused-ring (bicyclic) bond motifs is 1. The van der Waals surface area contributed by atoms with E-state index in [1.54, 1.807) is 127 Å². The number of hydrogen-bond donors (Lipinski definition) is 1. The molecule has 2 aliphatic rings. The van der Waals surface area contributed by atoms with Crippen LogP contribution in [-0.2, 0) is 0 Å². The van der Waals surface area contributed by atoms with Gasteiger partial charge < -0.3 is 30.7 Å². The molecule has 0 spiro atoms. The zero-order valence-electron chi connectivity index (χ0n) is 64.5. The molecule has 0 fully saturated rings. The molecule has 120 heavy (non-hydrogen) atoms. The van der Waals surface area contributed by atoms with Crippen LogP contribution in [0.25, 0.3) is 45.1 Å². The third kappa shape index (κ3) is 26.4. The molecule has 13 aromatic rings. The molecule has 0 amide bonds. The van der Waals surface area contributed by atoms with Crippen LogP contribution in [0.15, 0.2) is 271 Å². The van der Waals surface area contributed by atoms with Crippen molar-refractivity contribution in [2.24, 2.45) is 0 Å². The van der Waals surface area contributed by atoms with Crippen LogP contribution in [0.5, 0.6) is 23.0 Å². The number of rotatable bonds is 10. The first-order valence-corrected chi connectivity index (χ1v) is 39.4. The number of halogens is 12. The van der Waals surface area contributed by atoms with Gasteiger partial charge >= 0.3 is 18.9 Å². The van der Waals surface area contributed by atoms with E-state index in [1.807, 2.05) is 42.5 Å². The summed E-state index contributed by atoms with van der Waals surface area (Å²) in [6.07, 6.45) is 9.09. The van der Waals surface area contributed by atoms with Gasteiger partial charge in [0, 0.05) is 77.2 Å². The molecule has 0 atom stereocenters. The normalized spacial score (nSPS) is 10.9. The van der Waals surface area contributed by atoms with Gasteiger partial charge in [-0.1, -0.05) is 160 Å². The number of hydrogen-bond acceptors (Lipinski definition) is 5. The van der Waals surface area contributed by atoms with Crippen LogP contribution in [0, 0.1) is 131 Å². The summed E-state index contributed by atoms with van der Waals surface area (Å²) in [6.45, 7) is 7.31. The van der Waals surface area contributed by atoms with Gasteiger partial charge in [0.15, 0.2) is 0 Å². The Bertz CT molecular complexity index is 6230. The second kappa shape index (κ2) is 47.3. The van der Waals surface area contributed by atoms with Crippen molar-refractivity contribution in [1.29, 1.82) is 0 Å². The average Bonchev–Trinajstić information content (AvgIpc) is 1.58. The van der Waals surface area contributed by atoms with Gasteiger partial charge in [-0.2, -0.15) is 6.42 Å². The first kappa shape index (κ1) is 90.8. The number of allylic oxidation sites excluding steroid dienone is 2. The molecule has 1 N–H and O–H groups in total. The van der Waals surface area contributed by atoms with Gasteiger partial charge in [-0.05, 0) is 264 Å². The van der Waals surface area contributed by atoms with E-state index in [9.17, 15) is 49.0 Å². The van der Waals surface area contributed by atoms with Crippen molar-refractivity contribution in [3.63, 3.8) is 0 Å². The third-order valence-corrected chi connectivity index (χ3v) is 17.9. The van der Waals surface area contributed by atoms with Crippen molar-refractivity contribution in [2.45, 2.75) is 26.2 Å². The minimum Gasteiger partial charge on any atom is -0.507 e. The van der Waals surface area contributed by atoms with Crippen molar-refractivity contribution >= 4 is 72.3 Å². The Labute approximate surface area is 725 Å². The van der Waals surface area contributed by atoms with Gasteiger partial charge in [0.25, 0.3) is 0 Å². The molecule has 5 nitrogen and oxygen atoms in total. The van der Waals surface area contributed by atoms with Crippen LogP contribution in [0.1, 0.15) is 110 Å². The maximum atomic E-state index is 13.5. The van der Waals surface area contributed by atoms with Crippen molar-refractivity contribution in [3.8, 4) is 118 Å². The second-order valence-corrected chi connectivity index (χ2v) is 27.1. The third-order valence-electron chi connectivity index (χ3n) is 17.2. The molecule has 2 heterocycles. The minimum atomic E-state index is -0.334. The van der Waals surface area contributed by atoms with Gasteiger partial charge in [0.2, 0.25) is 0 Å². The Hall–Kier alpha value is -13.1. The van der Waals surface area contributed by atoms with E-state index in [0.29, 0.717) is 104 Å². The molecule has 15 rings (SSSR count). The fourth-order valence-electron chi connectivity index (χ4n) is 11.5. The van der Waals surface area contributed by atoms with Crippen LogP contribution >= 0.6 is 38.5 Å². The number of benzene rings is 12. The predicted octanol–water partition coefficient (Wildman–Crippen LogP) is 22.4. The van der Waals surface area contributed by atoms with E-state index in [4.69, 9.17) is 18.6 Å². The Balaban J connectivity index is 0.000000170. The predicted molar refractivity (Wildman–Crippen MR) is 464 cm³/mol. The van der Waals surface area contributed by atoms with Crippen molar-refractivity contribution in [3.05, 3.63) is 398 Å². The molecule has 1 aromatic heterocycles. The Morgan fingerprint density at radius 2 is 0.867 bits per heavy atom. The summed E-state index contributed by atoms with van der Waals surface area (Å²) in [5.41, 5.74) is 15.0. The summed E-state index contributed by atoms with van der Waals surface area (Å²) in [5.74, 6) is 31.1. The monoisotopic (exact) mass is 1770 g/mol. The summed E-state index contributed by atoms with van der Waals surface area (Å²) >= 11 is 5.49. The summed E-state index contributed by atoms with van der Waals surface area (Å²) in [4.78, 5) is 0. The number of aromatic hydroxyl groups is 1. The van der Waals surface area contributed by atoms with Crippen LogP contribution < -0.4 is 33.1 Å². The molecular weight excluding hydrogens is 1710 g/mol. The van der Waals surface area contributed by atoms with E-state index in [-0.39, 0.29) is 70.9 Å². The molecule has 0 saturated heterocycles. The van der Waals surface area contributed by atoms with Crippen LogP contribution in [0.4, 0.5) is 43.9 Å². The van der Waals surface area contributed by atoms with E-state index in [1.165, 1.54) is 122 Å². The maximum Gasteiger partial charge on any atom is 1.00 e. The van der Waals surface area contributed by atoms with Crippen molar-refractivity contribution in [1.82, 2.24) is 0 Å². The molecule has 1 aliphatic carbocycles. The molecule has 12 aromatic carbocycles. The SMILES string of the molecule is FC#Cc1cccc(OCCI)c1C#CF.FC#Cc1cccc2oc(-c3ccc(F)cc3)cc12.Fc1ccc(C#Cc2cccc(OCCBr)c2C#Cc2ccc(F)cc2)cc1.Fc1ccc(C=C2C(c3ccc(F)cc3)=C3CCOc4cccc2c43)cc1.Oc1cccc(C#Cc2ccc(F)cc2)c1C#Cc1ccc(F)cc1.[CH2-]CCC.[Li+]. The van der Waals surface area contributed by atoms with Crippen LogP contribution in [0.3, 0.4) is 0 Å². The molecule has 18 heteroatoms. The Morgan fingerprint density at radius 3 is 1.36 bits per heavy atom. The number of alkyl halides is 2. The standard InChI is InChI=1S/C24H15BrF2O.C24H16F2O.C22H12F2O.C16H8F2O.C12H7F2IO.C4H9.Li/c25-16-17-28-24-3-1-2-20(10-4-18-5-11-21(26)12-6-18)23(24)15-9-19-7-13-22(27)14-8-19;25-17-8-4-15(5-9-17)14-21-19-2-1-3-22-24(19)20(12-13-27-22)23(21)16-6-10-18(26)11-7-16;23-19-11-5-16(6-12-19)4-10-18-2-1-3-22(25)21(18)15-9-17-7-13-20(24)14-8-17;17-9-8-11-2-1-3-15-14(11)10-16(19-15)12-4-6-13(18)7-5-12;13-6-4-10-2-1-3-12(16-9-8-15)11(10)5-7-14;1-3-4-2;/h1-3,5-8,11-14H,16-17H2;1-11,14H,12-13H2;1-3,5-8,11-14,25H;1-7,10H;1-3H,8-9H2;1,3-4H2,2H3;/q;;;;;-1;+1. The quantitative estimate of drug-likeness (QED) is 0.0369. The number of furan rings is 1. The van der Waals surface area contributed by atoms with Gasteiger partial charge in [0.05, 0.1) is 36.5 Å². The first-order valence-electron chi connectivity index (χ1n) is 36.7. The van der Waals surface area contributed by atoms with E-state index in [2.05, 4.69) is 130 Å². The number of unbranched alkanes of at least 4 members (excludes halogenated alkanes) is 1. The fourth-order valence-corrected chi connectivity index (χ4v) is 11.9. The van der Waals surface area contributed by atoms with E-state index in [0.717, 1.165) is 67.4 Å². The zero-order chi connectivity index (χ0) is 84.3. The average molecular weight is 1780 g/mol. The number of phenolic OH excluding ortho intramolecular Hbond substituents is 1. The molecule has 0 saturated carbocycles. The zero-order valence-corrected chi connectivity index (χ0v) is 68.2. The number of phenols is 1. The maximum absolute atomic E-state index is 13.5. The summed E-state index contributed by atoms with van der Waals surface area (Å²) in [7, 11) is 0. The van der Waals surface area contributed by atoms with Gasteiger partial charge in [-0.3, -0.25) is 0 Å². The summed E-state index contributed by atoms with van der Waals surface area (Å²) < 4.78 is 151. The Morgan fingerprint density at radius 1 is 0.458 bits per heavy atom. The van der Waals surface area contributed by atoms with Crippen LogP contribution in [-0.4, -0.2) is 34.7 Å². The second-order valence-electron chi connectivity index (χ2n) is 25.3. The molecule has 0 bridgehead atoms. The molecule has 0 radical (unpaired) electrons. The first-order chi connectivity index (χ1) is 58.0. The largest absolute Gasteiger partial charge is 1.00 e. The van der Waals surface area contributed by atoms with E-state index >= 15 is 0 Å². The number of ether oxygens (including phenoxy) is 3. The van der Waals surface area contributed by atoms with Crippen molar-refractivity contribution < 1.29 is 86.5 Å². The summed E-state index contributed by atoms with van der Waals surface area (Å²) in [6, 6.07) is 71.0. The molecule has 1 aliphatic heterocycles. The topological polar surface area (TPSA) is 61.1 Å². The minimum absolute atomic E-state index is 0. The molecule has 0 unspecified atom stereocenters. The van der Waals surface area contributed by atoms with Crippen LogP contribution in [0.2, 0.25) is 0 Å². The van der Waals surface area contributed by atoms with E-state index < -0.39 is 0 Å². The van der Waals surface area contributed by atoms with Gasteiger partial charge in [0.1, 0.15) is 93.6 Å².